The fourth-order valence-corrected chi connectivity index (χ4v) is 10.8. The van der Waals surface area contributed by atoms with Gasteiger partial charge in [0.2, 0.25) is 0 Å². The van der Waals surface area contributed by atoms with E-state index < -0.39 is 102 Å². The molecule has 5 N–H and O–H groups in total. The normalized spacial score (nSPS) is 40.1. The number of nitrogens with zero attached hydrogens (tertiary/aromatic N) is 5. The number of carbonyl (C=O) groups excluding carboxylic acids is 2. The number of aliphatic hydroxyl groups is 4. The summed E-state index contributed by atoms with van der Waals surface area (Å²) < 4.78 is 46.3. The lowest BCUT2D eigenvalue weighted by Crippen LogP contribution is -2.61. The van der Waals surface area contributed by atoms with Crippen molar-refractivity contribution >= 4 is 23.7 Å². The van der Waals surface area contributed by atoms with Crippen molar-refractivity contribution in [1.82, 2.24) is 30.1 Å². The number of rotatable bonds is 12. The molecule has 0 radical (unpaired) electrons. The van der Waals surface area contributed by atoms with Crippen LogP contribution in [0.2, 0.25) is 5.02 Å². The predicted octanol–water partition coefficient (Wildman–Crippen LogP) is 4.13. The van der Waals surface area contributed by atoms with Gasteiger partial charge >= 0.3 is 12.1 Å². The molecule has 0 aliphatic carbocycles. The molecule has 1 aromatic carbocycles. The van der Waals surface area contributed by atoms with E-state index in [-0.39, 0.29) is 43.9 Å². The summed E-state index contributed by atoms with van der Waals surface area (Å²) in [6.07, 6.45) is -8.09. The first kappa shape index (κ1) is 56.9. The van der Waals surface area contributed by atoms with Crippen LogP contribution in [-0.2, 0) is 51.0 Å². The molecule has 4 heterocycles. The fourth-order valence-electron chi connectivity index (χ4n) is 10.6. The molecule has 0 spiro atoms. The zero-order valence-corrected chi connectivity index (χ0v) is 43.8. The molecule has 5 rings (SSSR count). The Balaban J connectivity index is 1.43. The lowest BCUT2D eigenvalue weighted by atomic mass is 9.77. The van der Waals surface area contributed by atoms with Crippen LogP contribution >= 0.6 is 11.6 Å². The van der Waals surface area contributed by atoms with Crippen molar-refractivity contribution in [2.45, 2.75) is 198 Å². The van der Waals surface area contributed by atoms with Gasteiger partial charge < -0.3 is 68.7 Å². The molecule has 19 nitrogen and oxygen atoms in total. The zero-order valence-electron chi connectivity index (χ0n) is 43.1. The minimum Gasteiger partial charge on any atom is -0.459 e. The molecule has 69 heavy (non-hydrogen) atoms. The number of aliphatic hydroxyl groups excluding tert-OH is 2. The monoisotopic (exact) mass is 997 g/mol. The van der Waals surface area contributed by atoms with E-state index in [0.717, 1.165) is 5.56 Å². The second-order valence-electron chi connectivity index (χ2n) is 20.9. The molecule has 3 aliphatic rings. The summed E-state index contributed by atoms with van der Waals surface area (Å²) in [6.45, 7) is 18.4. The third-order valence-corrected chi connectivity index (χ3v) is 14.9. The predicted molar refractivity (Wildman–Crippen MR) is 256 cm³/mol. The number of ether oxygens (including phenoxy) is 7. The number of hydrogen-bond donors (Lipinski definition) is 5. The first-order valence-electron chi connectivity index (χ1n) is 24.3. The van der Waals surface area contributed by atoms with Gasteiger partial charge in [0.25, 0.3) is 0 Å². The van der Waals surface area contributed by atoms with Crippen LogP contribution in [0.25, 0.3) is 0 Å². The number of halogens is 1. The first-order valence-corrected chi connectivity index (χ1v) is 24.7. The van der Waals surface area contributed by atoms with E-state index in [1.165, 1.54) is 14.0 Å². The van der Waals surface area contributed by atoms with Gasteiger partial charge in [-0.1, -0.05) is 49.7 Å². The third kappa shape index (κ3) is 13.9. The van der Waals surface area contributed by atoms with Crippen LogP contribution in [0, 0.1) is 17.8 Å². The molecule has 20 heteroatoms. The maximum absolute atomic E-state index is 14.5. The Morgan fingerprint density at radius 1 is 1.03 bits per heavy atom. The highest BCUT2D eigenvalue weighted by atomic mass is 35.5. The molecular weight excluding hydrogens is 916 g/mol. The molecule has 1 aromatic heterocycles. The Hall–Kier alpha value is -3.05. The molecule has 0 saturated carbocycles. The van der Waals surface area contributed by atoms with E-state index in [2.05, 4.69) is 15.6 Å². The molecule has 18 atom stereocenters. The standard InChI is InChI=1S/C49H81ClN6O13/c1-15-37-49(10,62)41(58)31(6)55(13)24-27(2)21-47(8,61)42(68-45-39(57)36(54(11)12)19-28(3)64-45)29(4)40(30(5)44(59)66-37)67-38-22-48(9,63-14)43(32(7)65-38)69-46(60)51-23-35-26-56(53-52-35)25-33-17-16-18-34(50)20-33/h16-18,20,26-32,36-43,45,57-58,61-62H,15,19,21-25H2,1-14H3,(H,51,60)/t27-,28-,29+,30-,31-,32+,36+,37+,38+,39-,40-,41+,42-,43+,45+,47-,48-,49-/m1/s1. The number of cyclic esters (lactones) is 1. The summed E-state index contributed by atoms with van der Waals surface area (Å²) in [5.41, 5.74) is -3.21. The van der Waals surface area contributed by atoms with Crippen molar-refractivity contribution < 1.29 is 63.2 Å². The summed E-state index contributed by atoms with van der Waals surface area (Å²) in [5.74, 6) is -2.84. The van der Waals surface area contributed by atoms with E-state index in [9.17, 15) is 30.0 Å². The minimum absolute atomic E-state index is 0.0305. The van der Waals surface area contributed by atoms with Gasteiger partial charge in [-0.25, -0.2) is 9.48 Å². The van der Waals surface area contributed by atoms with Crippen LogP contribution < -0.4 is 5.32 Å². The van der Waals surface area contributed by atoms with Gasteiger partial charge in [-0.2, -0.15) is 0 Å². The van der Waals surface area contributed by atoms with Gasteiger partial charge in [0.05, 0.1) is 55.2 Å². The number of methoxy groups -OCH3 is 1. The summed E-state index contributed by atoms with van der Waals surface area (Å²) in [5, 5.41) is 59.7. The number of hydrogen-bond acceptors (Lipinski definition) is 17. The van der Waals surface area contributed by atoms with Crippen LogP contribution in [0.3, 0.4) is 0 Å². The molecule has 0 unspecified atom stereocenters. The van der Waals surface area contributed by atoms with Crippen LogP contribution in [0.15, 0.2) is 30.5 Å². The van der Waals surface area contributed by atoms with Crippen molar-refractivity contribution in [2.75, 3.05) is 34.8 Å². The van der Waals surface area contributed by atoms with Gasteiger partial charge in [-0.05, 0) is 112 Å². The number of likely N-dealkylation sites (N-methyl/N-ethyl adjacent to an activating group) is 2. The topological polar surface area (TPSA) is 229 Å². The van der Waals surface area contributed by atoms with Crippen molar-refractivity contribution in [3.8, 4) is 0 Å². The lowest BCUT2D eigenvalue weighted by Gasteiger charge is -2.49. The highest BCUT2D eigenvalue weighted by molar-refractivity contribution is 6.30. The number of benzene rings is 1. The molecule has 1 amide bonds. The highest BCUT2D eigenvalue weighted by Crippen LogP contribution is 2.41. The van der Waals surface area contributed by atoms with E-state index in [0.29, 0.717) is 30.2 Å². The van der Waals surface area contributed by atoms with E-state index in [4.69, 9.17) is 44.8 Å². The number of alkyl carbamates (subject to hydrolysis) is 1. The SMILES string of the molecule is CC[C@@H]1OC(=O)[C@H](C)[C@H](O[C@H]2C[C@@](C)(OC)[C@@H](OC(=O)NCc3cn(Cc4cccc(Cl)c4)nn3)[C@H](C)O2)[C@H](C)[C@@H](O[C@@H]2O[C@H](C)C[C@H](N(C)C)[C@H]2O)[C@](C)(O)C[C@@H](C)CN(C)[C@H](C)[C@H](O)[C@]1(C)O. The fraction of sp³-hybridized carbons (Fsp3) is 0.796. The highest BCUT2D eigenvalue weighted by Gasteiger charge is 2.54. The molecular formula is C49H81ClN6O13. The van der Waals surface area contributed by atoms with Crippen molar-refractivity contribution in [3.63, 3.8) is 0 Å². The maximum Gasteiger partial charge on any atom is 0.407 e. The Labute approximate surface area is 413 Å². The Morgan fingerprint density at radius 2 is 1.72 bits per heavy atom. The third-order valence-electron chi connectivity index (χ3n) is 14.6. The Morgan fingerprint density at radius 3 is 2.36 bits per heavy atom. The van der Waals surface area contributed by atoms with Crippen LogP contribution in [-0.4, -0.2) is 182 Å². The van der Waals surface area contributed by atoms with Crippen LogP contribution in [0.4, 0.5) is 4.79 Å². The summed E-state index contributed by atoms with van der Waals surface area (Å²) in [7, 11) is 7.08. The minimum atomic E-state index is -1.85. The Kier molecular flexibility index (Phi) is 19.5. The van der Waals surface area contributed by atoms with Gasteiger partial charge in [0.1, 0.15) is 35.2 Å². The Bertz CT molecular complexity index is 1980. The van der Waals surface area contributed by atoms with E-state index in [1.807, 2.05) is 63.0 Å². The van der Waals surface area contributed by atoms with Gasteiger partial charge in [0, 0.05) is 43.1 Å². The largest absolute Gasteiger partial charge is 0.459 e. The summed E-state index contributed by atoms with van der Waals surface area (Å²) >= 11 is 6.14. The van der Waals surface area contributed by atoms with Gasteiger partial charge in [-0.3, -0.25) is 4.79 Å². The lowest BCUT2D eigenvalue weighted by molar-refractivity contribution is -0.317. The summed E-state index contributed by atoms with van der Waals surface area (Å²) in [6, 6.07) is 6.52. The number of nitrogens with one attached hydrogen (secondary N) is 1. The summed E-state index contributed by atoms with van der Waals surface area (Å²) in [4.78, 5) is 31.7. The van der Waals surface area contributed by atoms with Crippen LogP contribution in [0.1, 0.15) is 106 Å². The molecule has 3 aliphatic heterocycles. The molecule has 3 saturated heterocycles. The van der Waals surface area contributed by atoms with E-state index in [1.54, 1.807) is 65.4 Å². The zero-order chi connectivity index (χ0) is 51.3. The second-order valence-corrected chi connectivity index (χ2v) is 21.4. The first-order chi connectivity index (χ1) is 32.2. The van der Waals surface area contributed by atoms with Crippen molar-refractivity contribution in [3.05, 3.63) is 46.7 Å². The van der Waals surface area contributed by atoms with Crippen molar-refractivity contribution in [1.29, 1.82) is 0 Å². The average Bonchev–Trinajstić information content (AvgIpc) is 3.72. The number of esters is 1. The number of carbonyl (C=O) groups is 2. The molecule has 392 valence electrons. The second kappa shape index (κ2) is 23.7. The van der Waals surface area contributed by atoms with Crippen LogP contribution in [0.5, 0.6) is 0 Å². The van der Waals surface area contributed by atoms with E-state index >= 15 is 0 Å². The smallest absolute Gasteiger partial charge is 0.407 e. The maximum atomic E-state index is 14.5. The van der Waals surface area contributed by atoms with Crippen molar-refractivity contribution in [2.24, 2.45) is 17.8 Å². The molecule has 2 aromatic rings. The van der Waals surface area contributed by atoms with Gasteiger partial charge in [-0.15, -0.1) is 5.10 Å². The molecule has 0 bridgehead atoms. The quantitative estimate of drug-likeness (QED) is 0.188. The molecule has 3 fully saturated rings. The van der Waals surface area contributed by atoms with Gasteiger partial charge in [0.15, 0.2) is 18.7 Å². The number of amides is 1. The number of aromatic nitrogens is 3. The average molecular weight is 998 g/mol.